The highest BCUT2D eigenvalue weighted by Crippen LogP contribution is 2.07. The van der Waals surface area contributed by atoms with Gasteiger partial charge in [0.25, 0.3) is 0 Å². The van der Waals surface area contributed by atoms with E-state index in [0.717, 1.165) is 3.58 Å². The average Bonchev–Trinajstić information content (AvgIpc) is 1.99. The van der Waals surface area contributed by atoms with Crippen LogP contribution in [0.5, 0.6) is 0 Å². The first kappa shape index (κ1) is 9.74. The predicted octanol–water partition coefficient (Wildman–Crippen LogP) is 1.29. The highest BCUT2D eigenvalue weighted by atomic mass is 127. The maximum atomic E-state index is 5.25. The van der Waals surface area contributed by atoms with Gasteiger partial charge in [-0.05, 0) is 29.5 Å². The Morgan fingerprint density at radius 3 is 2.70 bits per heavy atom. The normalized spacial score (nSPS) is 13.5. The summed E-state index contributed by atoms with van der Waals surface area (Å²) in [6.45, 7) is 2.53. The Morgan fingerprint density at radius 2 is 2.40 bits per heavy atom. The van der Waals surface area contributed by atoms with Crippen LogP contribution in [0.2, 0.25) is 0 Å². The summed E-state index contributed by atoms with van der Waals surface area (Å²) in [5.74, 6) is 0.602. The van der Waals surface area contributed by atoms with Gasteiger partial charge in [-0.15, -0.1) is 0 Å². The number of hydrogen-bond acceptors (Lipinski definition) is 3. The molecule has 0 radical (unpaired) electrons. The van der Waals surface area contributed by atoms with Crippen LogP contribution in [0, 0.1) is 0 Å². The largest absolute Gasteiger partial charge is 0.477 e. The van der Waals surface area contributed by atoms with Crippen molar-refractivity contribution in [3.63, 3.8) is 0 Å². The maximum absolute atomic E-state index is 5.25. The van der Waals surface area contributed by atoms with Crippen LogP contribution in [-0.2, 0) is 4.74 Å². The molecule has 0 fully saturated rings. The van der Waals surface area contributed by atoms with Crippen LogP contribution in [0.4, 0.5) is 0 Å². The van der Waals surface area contributed by atoms with Crippen molar-refractivity contribution in [2.75, 3.05) is 13.7 Å². The van der Waals surface area contributed by atoms with Crippen LogP contribution < -0.4 is 5.73 Å². The molecular formula is C6H11IN2O. The van der Waals surface area contributed by atoms with Crippen molar-refractivity contribution in [3.8, 4) is 0 Å². The summed E-state index contributed by atoms with van der Waals surface area (Å²) >= 11 is 2.07. The van der Waals surface area contributed by atoms with Gasteiger partial charge in [0.05, 0.1) is 10.2 Å². The van der Waals surface area contributed by atoms with Crippen LogP contribution in [0.1, 0.15) is 6.92 Å². The number of nitrogens with two attached hydrogens (primary N) is 1. The van der Waals surface area contributed by atoms with Gasteiger partial charge in [-0.3, -0.25) is 4.99 Å². The molecule has 0 saturated heterocycles. The van der Waals surface area contributed by atoms with E-state index in [1.54, 1.807) is 7.05 Å². The number of ether oxygens (including phenoxy) is 1. The van der Waals surface area contributed by atoms with Crippen LogP contribution >= 0.6 is 22.6 Å². The first-order valence-electron chi connectivity index (χ1n) is 2.93. The SMILES string of the molecule is CCOC(=NC)C(I)=CN. The number of nitrogens with zero attached hydrogens (tertiary/aromatic N) is 1. The fourth-order valence-corrected chi connectivity index (χ4v) is 0.845. The third-order valence-electron chi connectivity index (χ3n) is 0.835. The summed E-state index contributed by atoms with van der Waals surface area (Å²) in [7, 11) is 1.67. The summed E-state index contributed by atoms with van der Waals surface area (Å²) in [6.07, 6.45) is 1.47. The molecule has 0 saturated carbocycles. The lowest BCUT2D eigenvalue weighted by Crippen LogP contribution is -2.05. The molecule has 0 atom stereocenters. The molecule has 0 heterocycles. The Kier molecular flexibility index (Phi) is 5.38. The molecule has 0 unspecified atom stereocenters. The van der Waals surface area contributed by atoms with Crippen LogP contribution in [-0.4, -0.2) is 19.6 Å². The second-order valence-corrected chi connectivity index (χ2v) is 2.64. The van der Waals surface area contributed by atoms with Gasteiger partial charge in [0, 0.05) is 13.2 Å². The fourth-order valence-electron chi connectivity index (χ4n) is 0.448. The Labute approximate surface area is 74.5 Å². The van der Waals surface area contributed by atoms with Gasteiger partial charge in [-0.2, -0.15) is 0 Å². The first-order chi connectivity index (χ1) is 4.76. The molecule has 10 heavy (non-hydrogen) atoms. The van der Waals surface area contributed by atoms with E-state index in [-0.39, 0.29) is 0 Å². The summed E-state index contributed by atoms with van der Waals surface area (Å²) in [5.41, 5.74) is 5.25. The van der Waals surface area contributed by atoms with Crippen LogP contribution in [0.3, 0.4) is 0 Å². The maximum Gasteiger partial charge on any atom is 0.223 e. The lowest BCUT2D eigenvalue weighted by molar-refractivity contribution is 0.329. The zero-order chi connectivity index (χ0) is 7.98. The van der Waals surface area contributed by atoms with Crippen molar-refractivity contribution in [2.24, 2.45) is 10.7 Å². The molecular weight excluding hydrogens is 243 g/mol. The molecule has 0 amide bonds. The second-order valence-electron chi connectivity index (χ2n) is 1.48. The Hall–Kier alpha value is -0.260. The summed E-state index contributed by atoms with van der Waals surface area (Å²) in [4.78, 5) is 3.89. The lowest BCUT2D eigenvalue weighted by Gasteiger charge is -2.03. The Bertz CT molecular complexity index is 154. The van der Waals surface area contributed by atoms with Gasteiger partial charge in [0.1, 0.15) is 0 Å². The predicted molar refractivity (Wildman–Crippen MR) is 51.3 cm³/mol. The van der Waals surface area contributed by atoms with Crippen molar-refractivity contribution < 1.29 is 4.74 Å². The molecule has 0 bridgehead atoms. The molecule has 0 rings (SSSR count). The highest BCUT2D eigenvalue weighted by molar-refractivity contribution is 14.1. The molecule has 0 aromatic heterocycles. The van der Waals surface area contributed by atoms with Crippen molar-refractivity contribution in [1.29, 1.82) is 0 Å². The summed E-state index contributed by atoms with van der Waals surface area (Å²) < 4.78 is 5.97. The van der Waals surface area contributed by atoms with Crippen molar-refractivity contribution in [2.45, 2.75) is 6.92 Å². The molecule has 0 aliphatic carbocycles. The third-order valence-corrected chi connectivity index (χ3v) is 1.66. The average molecular weight is 254 g/mol. The van der Waals surface area contributed by atoms with Crippen molar-refractivity contribution >= 4 is 28.5 Å². The summed E-state index contributed by atoms with van der Waals surface area (Å²) in [5, 5.41) is 0. The van der Waals surface area contributed by atoms with Gasteiger partial charge in [-0.25, -0.2) is 0 Å². The number of aliphatic imine (C=N–C) groups is 1. The molecule has 0 aromatic rings. The van der Waals surface area contributed by atoms with Gasteiger partial charge >= 0.3 is 0 Å². The van der Waals surface area contributed by atoms with E-state index in [4.69, 9.17) is 10.5 Å². The van der Waals surface area contributed by atoms with Gasteiger partial charge < -0.3 is 10.5 Å². The minimum atomic E-state index is 0.602. The monoisotopic (exact) mass is 254 g/mol. The molecule has 0 aliphatic heterocycles. The standard InChI is InChI=1S/C6H11IN2O/c1-3-10-6(9-2)5(7)4-8/h4H,3,8H2,1-2H3. The van der Waals surface area contributed by atoms with Crippen molar-refractivity contribution in [3.05, 3.63) is 9.78 Å². The van der Waals surface area contributed by atoms with Gasteiger partial charge in [0.15, 0.2) is 0 Å². The van der Waals surface area contributed by atoms with Crippen LogP contribution in [0.15, 0.2) is 14.8 Å². The molecule has 3 nitrogen and oxygen atoms in total. The van der Waals surface area contributed by atoms with E-state index in [1.165, 1.54) is 6.20 Å². The van der Waals surface area contributed by atoms with Gasteiger partial charge in [-0.1, -0.05) is 0 Å². The summed E-state index contributed by atoms with van der Waals surface area (Å²) in [6, 6.07) is 0. The quantitative estimate of drug-likeness (QED) is 0.458. The van der Waals surface area contributed by atoms with E-state index in [0.29, 0.717) is 12.5 Å². The number of halogens is 1. The smallest absolute Gasteiger partial charge is 0.223 e. The molecule has 0 spiro atoms. The number of rotatable bonds is 2. The Morgan fingerprint density at radius 1 is 1.80 bits per heavy atom. The molecule has 0 aliphatic rings. The third kappa shape index (κ3) is 3.05. The lowest BCUT2D eigenvalue weighted by atomic mass is 10.6. The molecule has 4 heteroatoms. The molecule has 2 N–H and O–H groups in total. The van der Waals surface area contributed by atoms with E-state index in [9.17, 15) is 0 Å². The minimum absolute atomic E-state index is 0.602. The highest BCUT2D eigenvalue weighted by Gasteiger charge is 2.00. The minimum Gasteiger partial charge on any atom is -0.477 e. The zero-order valence-electron chi connectivity index (χ0n) is 6.10. The second kappa shape index (κ2) is 5.52. The molecule has 58 valence electrons. The zero-order valence-corrected chi connectivity index (χ0v) is 8.25. The van der Waals surface area contributed by atoms with Crippen LogP contribution in [0.25, 0.3) is 0 Å². The Balaban J connectivity index is 4.09. The topological polar surface area (TPSA) is 47.6 Å². The number of hydrogen-bond donors (Lipinski definition) is 1. The van der Waals surface area contributed by atoms with Gasteiger partial charge in [0.2, 0.25) is 5.90 Å². The van der Waals surface area contributed by atoms with E-state index >= 15 is 0 Å². The fraction of sp³-hybridized carbons (Fsp3) is 0.500. The molecule has 0 aromatic carbocycles. The first-order valence-corrected chi connectivity index (χ1v) is 4.01. The van der Waals surface area contributed by atoms with E-state index in [1.807, 2.05) is 6.92 Å². The van der Waals surface area contributed by atoms with Crippen molar-refractivity contribution in [1.82, 2.24) is 0 Å². The van der Waals surface area contributed by atoms with E-state index in [2.05, 4.69) is 27.6 Å². The van der Waals surface area contributed by atoms with E-state index < -0.39 is 0 Å².